The highest BCUT2D eigenvalue weighted by Crippen LogP contribution is 2.38. The van der Waals surface area contributed by atoms with Crippen molar-refractivity contribution >= 4 is 10.9 Å². The third-order valence-corrected chi connectivity index (χ3v) is 5.98. The monoisotopic (exact) mass is 440 g/mol. The fourth-order valence-electron chi connectivity index (χ4n) is 4.39. The average Bonchev–Trinajstić information content (AvgIpc) is 2.82. The van der Waals surface area contributed by atoms with Gasteiger partial charge in [0.2, 0.25) is 11.8 Å². The minimum absolute atomic E-state index is 0.0786. The van der Waals surface area contributed by atoms with Crippen LogP contribution in [-0.2, 0) is 0 Å². The number of fused-ring (bicyclic) bond motifs is 1. The van der Waals surface area contributed by atoms with E-state index in [0.717, 1.165) is 31.5 Å². The van der Waals surface area contributed by atoms with Gasteiger partial charge in [-0.2, -0.15) is 0 Å². The smallest absolute Gasteiger partial charge is 0.213 e. The summed E-state index contributed by atoms with van der Waals surface area (Å²) in [6, 6.07) is 10.3. The summed E-state index contributed by atoms with van der Waals surface area (Å²) < 4.78 is 25.7. The molecule has 3 heterocycles. The van der Waals surface area contributed by atoms with Crippen LogP contribution in [0.15, 0.2) is 42.6 Å². The molecule has 8 heteroatoms. The Kier molecular flexibility index (Phi) is 7.34. The molecule has 32 heavy (non-hydrogen) atoms. The Balaban J connectivity index is 1.56. The van der Waals surface area contributed by atoms with E-state index in [1.165, 1.54) is 13.2 Å². The summed E-state index contributed by atoms with van der Waals surface area (Å²) in [5.74, 6) is 0.821. The summed E-state index contributed by atoms with van der Waals surface area (Å²) in [5, 5.41) is 17.8. The van der Waals surface area contributed by atoms with Crippen molar-refractivity contribution in [2.45, 2.75) is 18.8 Å². The largest absolute Gasteiger partial charge is 0.497 e. The fraction of sp³-hybridized carbons (Fsp3) is 0.417. The fourth-order valence-corrected chi connectivity index (χ4v) is 4.39. The zero-order chi connectivity index (χ0) is 22.3. The van der Waals surface area contributed by atoms with Gasteiger partial charge in [0.05, 0.1) is 7.11 Å². The minimum Gasteiger partial charge on any atom is -0.497 e. The molecule has 1 aromatic carbocycles. The normalized spacial score (nSPS) is 15.6. The van der Waals surface area contributed by atoms with Gasteiger partial charge in [-0.1, -0.05) is 6.07 Å². The number of pyridine rings is 2. The van der Waals surface area contributed by atoms with Gasteiger partial charge in [-0.05, 0) is 49.5 Å². The highest BCUT2D eigenvalue weighted by atomic mass is 19.1. The van der Waals surface area contributed by atoms with E-state index >= 15 is 0 Å². The van der Waals surface area contributed by atoms with Crippen LogP contribution in [0.4, 0.5) is 4.39 Å². The first-order valence-electron chi connectivity index (χ1n) is 11.0. The third kappa shape index (κ3) is 5.26. The molecule has 0 amide bonds. The van der Waals surface area contributed by atoms with E-state index in [1.807, 2.05) is 18.2 Å². The lowest BCUT2D eigenvalue weighted by atomic mass is 9.79. The van der Waals surface area contributed by atoms with Crippen molar-refractivity contribution in [1.82, 2.24) is 20.6 Å². The van der Waals surface area contributed by atoms with E-state index in [0.29, 0.717) is 42.6 Å². The second kappa shape index (κ2) is 10.6. The molecule has 0 spiro atoms. The maximum atomic E-state index is 14.7. The Bertz CT molecular complexity index is 1030. The lowest BCUT2D eigenvalue weighted by molar-refractivity contribution is 0.283. The number of benzene rings is 1. The molecule has 3 N–H and O–H groups in total. The highest BCUT2D eigenvalue weighted by Gasteiger charge is 2.28. The summed E-state index contributed by atoms with van der Waals surface area (Å²) in [6.45, 7) is 3.69. The molecular formula is C24H29FN4O3. The maximum Gasteiger partial charge on any atom is 0.213 e. The molecule has 4 rings (SSSR count). The number of hydrogen-bond acceptors (Lipinski definition) is 7. The van der Waals surface area contributed by atoms with Gasteiger partial charge in [0.15, 0.2) is 5.82 Å². The molecule has 3 aromatic rings. The van der Waals surface area contributed by atoms with Crippen LogP contribution < -0.4 is 20.1 Å². The molecule has 0 saturated carbocycles. The van der Waals surface area contributed by atoms with E-state index in [4.69, 9.17) is 9.47 Å². The lowest BCUT2D eigenvalue weighted by Gasteiger charge is -2.32. The van der Waals surface area contributed by atoms with E-state index in [2.05, 4.69) is 20.6 Å². The van der Waals surface area contributed by atoms with Gasteiger partial charge in [-0.25, -0.2) is 14.4 Å². The van der Waals surface area contributed by atoms with Gasteiger partial charge in [0.25, 0.3) is 0 Å². The zero-order valence-electron chi connectivity index (χ0n) is 18.2. The molecule has 1 fully saturated rings. The summed E-state index contributed by atoms with van der Waals surface area (Å²) in [5.41, 5.74) is 1.05. The minimum atomic E-state index is -0.503. The number of piperidine rings is 1. The topological polar surface area (TPSA) is 88.5 Å². The van der Waals surface area contributed by atoms with E-state index in [-0.39, 0.29) is 17.3 Å². The average molecular weight is 441 g/mol. The zero-order valence-corrected chi connectivity index (χ0v) is 18.2. The molecule has 0 bridgehead atoms. The van der Waals surface area contributed by atoms with Crippen molar-refractivity contribution in [3.8, 4) is 17.5 Å². The molecule has 2 aromatic heterocycles. The Morgan fingerprint density at radius 2 is 2.09 bits per heavy atom. The molecule has 7 nitrogen and oxygen atoms in total. The van der Waals surface area contributed by atoms with E-state index < -0.39 is 5.82 Å². The SMILES string of the molecule is COc1cc(F)c2nc(O)cc(C(CNCCOc3ccccn3)C3CCNCC3)c2c1. The Hall–Kier alpha value is -2.97. The number of hydrogen-bond donors (Lipinski definition) is 3. The first-order chi connectivity index (χ1) is 15.7. The molecule has 1 saturated heterocycles. The number of aromatic hydroxyl groups is 1. The van der Waals surface area contributed by atoms with Crippen LogP contribution in [-0.4, -0.2) is 55.0 Å². The maximum absolute atomic E-state index is 14.7. The molecule has 1 aliphatic heterocycles. The van der Waals surface area contributed by atoms with Crippen LogP contribution in [0.2, 0.25) is 0 Å². The van der Waals surface area contributed by atoms with Gasteiger partial charge in [0.1, 0.15) is 17.9 Å². The second-order valence-corrected chi connectivity index (χ2v) is 7.99. The molecule has 1 aliphatic rings. The number of aromatic nitrogens is 2. The van der Waals surface area contributed by atoms with Gasteiger partial charge in [-0.3, -0.25) is 0 Å². The van der Waals surface area contributed by atoms with Gasteiger partial charge < -0.3 is 25.2 Å². The van der Waals surface area contributed by atoms with Crippen molar-refractivity contribution in [3.63, 3.8) is 0 Å². The van der Waals surface area contributed by atoms with Crippen LogP contribution in [0.1, 0.15) is 24.3 Å². The molecule has 0 aliphatic carbocycles. The molecule has 170 valence electrons. The van der Waals surface area contributed by atoms with Crippen LogP contribution >= 0.6 is 0 Å². The van der Waals surface area contributed by atoms with Gasteiger partial charge in [0, 0.05) is 48.8 Å². The van der Waals surface area contributed by atoms with Crippen molar-refractivity contribution < 1.29 is 19.0 Å². The predicted octanol–water partition coefficient (Wildman–Crippen LogP) is 3.23. The number of nitrogens with zero attached hydrogens (tertiary/aromatic N) is 2. The number of ether oxygens (including phenoxy) is 2. The molecule has 1 atom stereocenters. The highest BCUT2D eigenvalue weighted by molar-refractivity contribution is 5.85. The number of nitrogens with one attached hydrogen (secondary N) is 2. The molecule has 0 radical (unpaired) electrons. The van der Waals surface area contributed by atoms with Crippen LogP contribution in [0.25, 0.3) is 10.9 Å². The Morgan fingerprint density at radius 3 is 2.84 bits per heavy atom. The van der Waals surface area contributed by atoms with Gasteiger partial charge >= 0.3 is 0 Å². The van der Waals surface area contributed by atoms with Crippen molar-refractivity contribution in [1.29, 1.82) is 0 Å². The lowest BCUT2D eigenvalue weighted by Crippen LogP contribution is -2.36. The van der Waals surface area contributed by atoms with Crippen LogP contribution in [0.5, 0.6) is 17.5 Å². The molecular weight excluding hydrogens is 411 g/mol. The standard InChI is InChI=1S/C24H29FN4O3/c1-31-17-12-19-18(14-22(30)29-24(19)21(25)13-17)20(16-5-8-26-9-6-16)15-27-10-11-32-23-4-2-3-7-28-23/h2-4,7,12-14,16,20,26-27H,5-6,8-11,15H2,1H3,(H,29,30). The van der Waals surface area contributed by atoms with E-state index in [9.17, 15) is 9.50 Å². The van der Waals surface area contributed by atoms with Crippen molar-refractivity contribution in [2.24, 2.45) is 5.92 Å². The Labute approximate surface area is 187 Å². The first kappa shape index (κ1) is 22.2. The van der Waals surface area contributed by atoms with Crippen LogP contribution in [0, 0.1) is 11.7 Å². The summed E-state index contributed by atoms with van der Waals surface area (Å²) >= 11 is 0. The molecule has 1 unspecified atom stereocenters. The van der Waals surface area contributed by atoms with Gasteiger partial charge in [-0.15, -0.1) is 0 Å². The summed E-state index contributed by atoms with van der Waals surface area (Å²) in [7, 11) is 1.52. The predicted molar refractivity (Wildman–Crippen MR) is 121 cm³/mol. The summed E-state index contributed by atoms with van der Waals surface area (Å²) in [6.07, 6.45) is 3.71. The summed E-state index contributed by atoms with van der Waals surface area (Å²) in [4.78, 5) is 8.21. The van der Waals surface area contributed by atoms with Crippen molar-refractivity contribution in [3.05, 3.63) is 54.0 Å². The first-order valence-corrected chi connectivity index (χ1v) is 11.0. The Morgan fingerprint density at radius 1 is 1.25 bits per heavy atom. The van der Waals surface area contributed by atoms with Crippen molar-refractivity contribution in [2.75, 3.05) is 39.9 Å². The number of methoxy groups -OCH3 is 1. The van der Waals surface area contributed by atoms with Crippen LogP contribution in [0.3, 0.4) is 0 Å². The van der Waals surface area contributed by atoms with E-state index in [1.54, 1.807) is 18.3 Å². The number of rotatable bonds is 9. The second-order valence-electron chi connectivity index (χ2n) is 7.99. The quantitative estimate of drug-likeness (QED) is 0.440. The number of halogens is 1. The third-order valence-electron chi connectivity index (χ3n) is 5.98.